The highest BCUT2D eigenvalue weighted by molar-refractivity contribution is 5.87. The lowest BCUT2D eigenvalue weighted by Gasteiger charge is -2.22. The topological polar surface area (TPSA) is 90.0 Å². The van der Waals surface area contributed by atoms with E-state index in [-0.39, 0.29) is 23.3 Å². The molecule has 9 heteroatoms. The van der Waals surface area contributed by atoms with E-state index in [0.29, 0.717) is 18.5 Å². The molecule has 3 aromatic heterocycles. The first-order chi connectivity index (χ1) is 14.3. The van der Waals surface area contributed by atoms with E-state index < -0.39 is 5.95 Å². The second kappa shape index (κ2) is 6.58. The van der Waals surface area contributed by atoms with Gasteiger partial charge in [0.05, 0.1) is 30.0 Å². The molecule has 0 fully saturated rings. The van der Waals surface area contributed by atoms with Crippen LogP contribution in [0.1, 0.15) is 56.8 Å². The van der Waals surface area contributed by atoms with Crippen LogP contribution in [0.25, 0.3) is 5.65 Å². The molecule has 2 aliphatic rings. The molecule has 0 saturated heterocycles. The van der Waals surface area contributed by atoms with Crippen LogP contribution in [0.15, 0.2) is 48.1 Å². The maximum atomic E-state index is 13.7. The molecule has 1 amide bonds. The van der Waals surface area contributed by atoms with Crippen molar-refractivity contribution in [3.05, 3.63) is 65.3 Å². The lowest BCUT2D eigenvalue weighted by atomic mass is 9.88. The molecule has 0 radical (unpaired) electrons. The highest BCUT2D eigenvalue weighted by atomic mass is 19.1. The third-order valence-corrected chi connectivity index (χ3v) is 5.98. The minimum absolute atomic E-state index is 0.0546. The van der Waals surface area contributed by atoms with E-state index >= 15 is 0 Å². The average molecular weight is 407 g/mol. The van der Waals surface area contributed by atoms with Crippen molar-refractivity contribution in [2.24, 2.45) is 0 Å². The van der Waals surface area contributed by atoms with E-state index in [1.165, 1.54) is 10.6 Å². The molecule has 0 bridgehead atoms. The van der Waals surface area contributed by atoms with Crippen LogP contribution in [0.4, 0.5) is 4.39 Å². The predicted octanol–water partition coefficient (Wildman–Crippen LogP) is 2.82. The summed E-state index contributed by atoms with van der Waals surface area (Å²) in [4.78, 5) is 19.2. The summed E-state index contributed by atoms with van der Waals surface area (Å²) in [5.41, 5.74) is 3.60. The molecule has 3 heterocycles. The van der Waals surface area contributed by atoms with Gasteiger partial charge in [0, 0.05) is 28.9 Å². The normalized spacial score (nSPS) is 22.5. The Balaban J connectivity index is 1.40. The summed E-state index contributed by atoms with van der Waals surface area (Å²) in [5.74, 6) is -1.05. The van der Waals surface area contributed by atoms with Crippen LogP contribution in [0, 0.1) is 5.95 Å². The van der Waals surface area contributed by atoms with E-state index in [0.717, 1.165) is 22.5 Å². The van der Waals surface area contributed by atoms with Gasteiger partial charge in [0.1, 0.15) is 0 Å². The van der Waals surface area contributed by atoms with E-state index in [2.05, 4.69) is 25.6 Å². The summed E-state index contributed by atoms with van der Waals surface area (Å²) >= 11 is 0. The molecule has 8 nitrogen and oxygen atoms in total. The molecule has 0 aromatic carbocycles. The van der Waals surface area contributed by atoms with Crippen LogP contribution >= 0.6 is 0 Å². The van der Waals surface area contributed by atoms with Gasteiger partial charge in [-0.3, -0.25) is 4.79 Å². The largest absolute Gasteiger partial charge is 0.326 e. The van der Waals surface area contributed by atoms with Crippen LogP contribution in [-0.4, -0.2) is 35.5 Å². The Morgan fingerprint density at radius 3 is 2.80 bits per heavy atom. The lowest BCUT2D eigenvalue weighted by Crippen LogP contribution is -2.29. The van der Waals surface area contributed by atoms with Crippen molar-refractivity contribution >= 4 is 11.6 Å². The van der Waals surface area contributed by atoms with Crippen molar-refractivity contribution in [3.8, 4) is 0 Å². The molecule has 2 aliphatic carbocycles. The Labute approximate surface area is 172 Å². The Morgan fingerprint density at radius 2 is 2.07 bits per heavy atom. The number of hydrogen-bond donors (Lipinski definition) is 1. The molecular formula is C21H22FN7O. The molecule has 0 aliphatic heterocycles. The maximum Gasteiger partial charge on any atom is 0.235 e. The van der Waals surface area contributed by atoms with Crippen LogP contribution in [-0.2, 0) is 10.2 Å². The van der Waals surface area contributed by atoms with Crippen molar-refractivity contribution in [2.45, 2.75) is 51.0 Å². The Hall–Kier alpha value is -3.36. The van der Waals surface area contributed by atoms with Crippen molar-refractivity contribution < 1.29 is 9.18 Å². The molecule has 30 heavy (non-hydrogen) atoms. The van der Waals surface area contributed by atoms with Crippen molar-refractivity contribution in [1.82, 2.24) is 34.9 Å². The molecule has 0 saturated carbocycles. The lowest BCUT2D eigenvalue weighted by molar-refractivity contribution is -0.122. The number of allylic oxidation sites excluding steroid dienone is 3. The fraction of sp³-hybridized carbons (Fsp3) is 0.381. The first-order valence-corrected chi connectivity index (χ1v) is 9.93. The number of fused-ring (bicyclic) bond motifs is 3. The van der Waals surface area contributed by atoms with Gasteiger partial charge in [-0.05, 0) is 31.4 Å². The molecule has 3 aromatic rings. The number of hydrogen-bond acceptors (Lipinski definition) is 5. The SMILES string of the molecule is CC1=CC(NC(=O)C2CC(C)(C)c3c2cnc2cc(F)nn32)=CCC1n1nccn1. The highest BCUT2D eigenvalue weighted by Gasteiger charge is 2.43. The van der Waals surface area contributed by atoms with Gasteiger partial charge in [-0.25, -0.2) is 9.50 Å². The van der Waals surface area contributed by atoms with Gasteiger partial charge in [-0.1, -0.05) is 19.9 Å². The summed E-state index contributed by atoms with van der Waals surface area (Å²) < 4.78 is 15.2. The van der Waals surface area contributed by atoms with E-state index in [1.807, 2.05) is 32.9 Å². The summed E-state index contributed by atoms with van der Waals surface area (Å²) in [6.45, 7) is 6.10. The zero-order valence-electron chi connectivity index (χ0n) is 17.0. The Bertz CT molecular complexity index is 1210. The summed E-state index contributed by atoms with van der Waals surface area (Å²) in [6.07, 6.45) is 10.3. The third kappa shape index (κ3) is 2.92. The Morgan fingerprint density at radius 1 is 1.30 bits per heavy atom. The van der Waals surface area contributed by atoms with Gasteiger partial charge < -0.3 is 5.32 Å². The minimum atomic E-state index is -0.575. The van der Waals surface area contributed by atoms with Gasteiger partial charge in [-0.15, -0.1) is 5.10 Å². The molecule has 5 rings (SSSR count). The number of rotatable bonds is 3. The third-order valence-electron chi connectivity index (χ3n) is 5.98. The van der Waals surface area contributed by atoms with Crippen molar-refractivity contribution in [2.75, 3.05) is 0 Å². The Kier molecular flexibility index (Phi) is 4.09. The second-order valence-corrected chi connectivity index (χ2v) is 8.58. The van der Waals surface area contributed by atoms with E-state index in [1.54, 1.807) is 23.4 Å². The maximum absolute atomic E-state index is 13.7. The van der Waals surface area contributed by atoms with Crippen LogP contribution in [0.3, 0.4) is 0 Å². The number of nitrogens with one attached hydrogen (secondary N) is 1. The highest BCUT2D eigenvalue weighted by Crippen LogP contribution is 2.45. The number of halogens is 1. The molecule has 2 atom stereocenters. The second-order valence-electron chi connectivity index (χ2n) is 8.58. The van der Waals surface area contributed by atoms with Gasteiger partial charge in [0.15, 0.2) is 5.65 Å². The summed E-state index contributed by atoms with van der Waals surface area (Å²) in [6, 6.07) is 1.36. The van der Waals surface area contributed by atoms with Crippen LogP contribution < -0.4 is 5.32 Å². The fourth-order valence-corrected chi connectivity index (χ4v) is 4.61. The van der Waals surface area contributed by atoms with Crippen LogP contribution in [0.2, 0.25) is 0 Å². The fourth-order valence-electron chi connectivity index (χ4n) is 4.61. The van der Waals surface area contributed by atoms with E-state index in [4.69, 9.17) is 0 Å². The molecule has 0 spiro atoms. The zero-order valence-corrected chi connectivity index (χ0v) is 17.0. The molecular weight excluding hydrogens is 385 g/mol. The number of carbonyl (C=O) groups is 1. The van der Waals surface area contributed by atoms with E-state index in [9.17, 15) is 9.18 Å². The quantitative estimate of drug-likeness (QED) is 0.721. The van der Waals surface area contributed by atoms with Crippen molar-refractivity contribution in [1.29, 1.82) is 0 Å². The number of carbonyl (C=O) groups excluding carboxylic acids is 1. The van der Waals surface area contributed by atoms with Gasteiger partial charge in [0.2, 0.25) is 11.9 Å². The molecule has 2 unspecified atom stereocenters. The standard InChI is InChI=1S/C21H22FN7O/c1-12-8-13(4-5-16(12)29-24-6-7-25-29)26-20(30)14-10-21(2,3)19-15(14)11-23-18-9-17(22)27-28(18)19/h4,6-9,11,14,16H,5,10H2,1-3H3,(H,26,30). The first kappa shape index (κ1) is 18.7. The minimum Gasteiger partial charge on any atom is -0.326 e. The predicted molar refractivity (Wildman–Crippen MR) is 107 cm³/mol. The van der Waals surface area contributed by atoms with Gasteiger partial charge in [0.25, 0.3) is 0 Å². The summed E-state index contributed by atoms with van der Waals surface area (Å²) in [5, 5.41) is 15.4. The number of amides is 1. The molecule has 154 valence electrons. The molecule has 1 N–H and O–H groups in total. The zero-order chi connectivity index (χ0) is 21.0. The number of aromatic nitrogens is 6. The van der Waals surface area contributed by atoms with Gasteiger partial charge >= 0.3 is 0 Å². The van der Waals surface area contributed by atoms with Crippen molar-refractivity contribution in [3.63, 3.8) is 0 Å². The number of nitrogens with zero attached hydrogens (tertiary/aromatic N) is 6. The first-order valence-electron chi connectivity index (χ1n) is 9.93. The monoisotopic (exact) mass is 407 g/mol. The average Bonchev–Trinajstić information content (AvgIpc) is 3.39. The van der Waals surface area contributed by atoms with Gasteiger partial charge in [-0.2, -0.15) is 19.4 Å². The smallest absolute Gasteiger partial charge is 0.235 e. The summed E-state index contributed by atoms with van der Waals surface area (Å²) in [7, 11) is 0. The van der Waals surface area contributed by atoms with Crippen LogP contribution in [0.5, 0.6) is 0 Å².